The number of carbonyl (C=O) groups is 3. The largest absolute Gasteiger partial charge is 0.481 e. The quantitative estimate of drug-likeness (QED) is 0.180. The van der Waals surface area contributed by atoms with Crippen LogP contribution in [0.25, 0.3) is 11.2 Å². The van der Waals surface area contributed by atoms with Crippen LogP contribution in [0.5, 0.6) is 0 Å². The van der Waals surface area contributed by atoms with Gasteiger partial charge in [-0.1, -0.05) is 5.01 Å². The second-order valence-corrected chi connectivity index (χ2v) is 7.12. The van der Waals surface area contributed by atoms with Crippen molar-refractivity contribution in [2.75, 3.05) is 10.7 Å². The number of aliphatic carboxylic acids is 2. The van der Waals surface area contributed by atoms with E-state index in [1.165, 1.54) is 30.5 Å². The molecular weight excluding hydrogens is 468 g/mol. The van der Waals surface area contributed by atoms with Crippen molar-refractivity contribution in [1.82, 2.24) is 25.3 Å². The van der Waals surface area contributed by atoms with Gasteiger partial charge in [-0.15, -0.1) is 0 Å². The maximum absolute atomic E-state index is 12.4. The number of nitrogens with one attached hydrogen (secondary N) is 2. The van der Waals surface area contributed by atoms with Gasteiger partial charge in [0.05, 0.1) is 11.9 Å². The molecule has 35 heavy (non-hydrogen) atoms. The lowest BCUT2D eigenvalue weighted by molar-refractivity contribution is -0.497. The van der Waals surface area contributed by atoms with E-state index in [9.17, 15) is 29.3 Å². The lowest BCUT2D eigenvalue weighted by atomic mass is 10.1. The van der Waals surface area contributed by atoms with Crippen molar-refractivity contribution in [2.45, 2.75) is 25.4 Å². The summed E-state index contributed by atoms with van der Waals surface area (Å²) in [7, 11) is 0. The number of fused-ring (bicyclic) bond motifs is 1. The van der Waals surface area contributed by atoms with Crippen LogP contribution in [-0.4, -0.2) is 59.1 Å². The Morgan fingerprint density at radius 3 is 2.49 bits per heavy atom. The Kier molecular flexibility index (Phi) is 7.13. The van der Waals surface area contributed by atoms with Crippen LogP contribution in [-0.2, 0) is 16.1 Å². The van der Waals surface area contributed by atoms with Gasteiger partial charge in [0.2, 0.25) is 5.95 Å². The number of nitrogens with zero attached hydrogens (tertiary/aromatic N) is 5. The molecule has 3 aromatic rings. The number of amides is 1. The number of carbonyl (C=O) groups excluding carboxylic acids is 1. The van der Waals surface area contributed by atoms with Crippen LogP contribution in [0.1, 0.15) is 28.9 Å². The number of aromatic nitrogens is 4. The van der Waals surface area contributed by atoms with Gasteiger partial charge >= 0.3 is 11.9 Å². The van der Waals surface area contributed by atoms with E-state index < -0.39 is 40.9 Å². The monoisotopic (exact) mass is 486 g/mol. The first kappa shape index (κ1) is 24.5. The molecule has 0 aliphatic heterocycles. The number of nitrogen functional groups attached to an aromatic ring is 1. The molecule has 2 aromatic heterocycles. The minimum Gasteiger partial charge on any atom is -0.481 e. The number of hydrogen-bond donors (Lipinski definition) is 5. The molecule has 0 fully saturated rings. The second kappa shape index (κ2) is 10.2. The summed E-state index contributed by atoms with van der Waals surface area (Å²) >= 11 is 0. The first-order valence-corrected chi connectivity index (χ1v) is 9.84. The van der Waals surface area contributed by atoms with Crippen LogP contribution in [0.4, 0.5) is 11.6 Å². The Balaban J connectivity index is 1.78. The summed E-state index contributed by atoms with van der Waals surface area (Å²) in [5, 5.41) is 31.7. The molecular formula is C19H18N8O8. The fourth-order valence-electron chi connectivity index (χ4n) is 3.00. The summed E-state index contributed by atoms with van der Waals surface area (Å²) in [6.45, 7) is -0.387. The number of carboxylic acid groups (broad SMARTS) is 2. The van der Waals surface area contributed by atoms with Crippen LogP contribution in [0.2, 0.25) is 0 Å². The minimum absolute atomic E-state index is 0.000633. The molecule has 2 heterocycles. The van der Waals surface area contributed by atoms with Crippen LogP contribution in [0.3, 0.4) is 0 Å². The third-order valence-corrected chi connectivity index (χ3v) is 4.67. The number of benzene rings is 1. The number of hydrogen-bond acceptors (Lipinski definition) is 10. The van der Waals surface area contributed by atoms with Crippen molar-refractivity contribution in [2.24, 2.45) is 0 Å². The van der Waals surface area contributed by atoms with Gasteiger partial charge in [-0.3, -0.25) is 19.4 Å². The Hall–Kier alpha value is -5.15. The van der Waals surface area contributed by atoms with E-state index in [4.69, 9.17) is 15.9 Å². The number of carboxylic acids is 2. The standard InChI is InChI=1S/C19H18N8O8/c20-19-24-15-14(17(31)25-19)22-10(7-21-15)8-26(27(34)35)11-3-1-9(2-4-11)16(30)23-12(18(32)33)5-6-13(28)29/h1-4,7,12H,5-6,8H2,(H,23,30)(H,28,29)(H,32,33)(H3,20,21,24,25,31). The number of aromatic amines is 1. The number of hydrazine groups is 1. The Morgan fingerprint density at radius 1 is 1.20 bits per heavy atom. The Morgan fingerprint density at radius 2 is 1.89 bits per heavy atom. The number of rotatable bonds is 10. The van der Waals surface area contributed by atoms with Gasteiger partial charge in [0.15, 0.2) is 16.2 Å². The summed E-state index contributed by atoms with van der Waals surface area (Å²) in [5.41, 5.74) is 4.74. The summed E-state index contributed by atoms with van der Waals surface area (Å²) in [6.07, 6.45) is 0.429. The molecule has 0 spiro atoms. The van der Waals surface area contributed by atoms with Crippen molar-refractivity contribution in [3.63, 3.8) is 0 Å². The van der Waals surface area contributed by atoms with E-state index in [0.29, 0.717) is 5.01 Å². The highest BCUT2D eigenvalue weighted by Crippen LogP contribution is 2.18. The lowest BCUT2D eigenvalue weighted by Gasteiger charge is -2.15. The van der Waals surface area contributed by atoms with Gasteiger partial charge in [0, 0.05) is 12.0 Å². The van der Waals surface area contributed by atoms with Crippen molar-refractivity contribution in [3.05, 3.63) is 62.2 Å². The van der Waals surface area contributed by atoms with Gasteiger partial charge in [-0.2, -0.15) is 4.98 Å². The molecule has 0 aliphatic carbocycles. The molecule has 6 N–H and O–H groups in total. The van der Waals surface area contributed by atoms with Gasteiger partial charge in [-0.05, 0) is 30.7 Å². The van der Waals surface area contributed by atoms with E-state index in [-0.39, 0.29) is 47.0 Å². The summed E-state index contributed by atoms with van der Waals surface area (Å²) in [5.74, 6) is -3.56. The molecule has 0 radical (unpaired) electrons. The first-order valence-electron chi connectivity index (χ1n) is 9.84. The van der Waals surface area contributed by atoms with Crippen molar-refractivity contribution in [1.29, 1.82) is 0 Å². The Bertz CT molecular complexity index is 1360. The summed E-state index contributed by atoms with van der Waals surface area (Å²) in [4.78, 5) is 72.0. The molecule has 0 saturated carbocycles. The highest BCUT2D eigenvalue weighted by atomic mass is 16.7. The summed E-state index contributed by atoms with van der Waals surface area (Å²) < 4.78 is 0. The first-order chi connectivity index (χ1) is 16.5. The molecule has 0 aliphatic rings. The second-order valence-electron chi connectivity index (χ2n) is 7.12. The third-order valence-electron chi connectivity index (χ3n) is 4.67. The predicted molar refractivity (Wildman–Crippen MR) is 118 cm³/mol. The molecule has 1 atom stereocenters. The van der Waals surface area contributed by atoms with Crippen LogP contribution >= 0.6 is 0 Å². The van der Waals surface area contributed by atoms with Crippen LogP contribution < -0.4 is 21.6 Å². The zero-order valence-corrected chi connectivity index (χ0v) is 17.7. The molecule has 0 bridgehead atoms. The molecule has 182 valence electrons. The van der Waals surface area contributed by atoms with E-state index in [1.54, 1.807) is 0 Å². The zero-order chi connectivity index (χ0) is 25.7. The van der Waals surface area contributed by atoms with Gasteiger partial charge in [0.1, 0.15) is 18.3 Å². The molecule has 0 saturated heterocycles. The van der Waals surface area contributed by atoms with Crippen molar-refractivity contribution in [3.8, 4) is 0 Å². The van der Waals surface area contributed by atoms with Gasteiger partial charge < -0.3 is 21.3 Å². The fourth-order valence-corrected chi connectivity index (χ4v) is 3.00. The van der Waals surface area contributed by atoms with E-state index in [1.807, 2.05) is 0 Å². The molecule has 16 nitrogen and oxygen atoms in total. The van der Waals surface area contributed by atoms with Crippen LogP contribution in [0, 0.1) is 10.1 Å². The molecule has 1 aromatic carbocycles. The number of nitro groups is 1. The van der Waals surface area contributed by atoms with Gasteiger partial charge in [-0.25, -0.2) is 24.9 Å². The lowest BCUT2D eigenvalue weighted by Crippen LogP contribution is -2.41. The highest BCUT2D eigenvalue weighted by Gasteiger charge is 2.23. The van der Waals surface area contributed by atoms with Crippen molar-refractivity contribution >= 4 is 40.6 Å². The van der Waals surface area contributed by atoms with Gasteiger partial charge in [0.25, 0.3) is 11.5 Å². The predicted octanol–water partition coefficient (Wildman–Crippen LogP) is -0.459. The maximum Gasteiger partial charge on any atom is 0.326 e. The summed E-state index contributed by atoms with van der Waals surface area (Å²) in [6, 6.07) is 3.57. The maximum atomic E-state index is 12.4. The van der Waals surface area contributed by atoms with E-state index >= 15 is 0 Å². The van der Waals surface area contributed by atoms with E-state index in [2.05, 4.69) is 25.3 Å². The molecule has 3 rings (SSSR count). The van der Waals surface area contributed by atoms with Crippen LogP contribution in [0.15, 0.2) is 35.3 Å². The average molecular weight is 486 g/mol. The molecule has 1 amide bonds. The molecule has 16 heteroatoms. The molecule has 1 unspecified atom stereocenters. The highest BCUT2D eigenvalue weighted by molar-refractivity contribution is 5.96. The number of anilines is 2. The zero-order valence-electron chi connectivity index (χ0n) is 17.7. The smallest absolute Gasteiger partial charge is 0.326 e. The minimum atomic E-state index is -1.42. The fraction of sp³-hybridized carbons (Fsp3) is 0.211. The Labute approximate surface area is 194 Å². The van der Waals surface area contributed by atoms with E-state index in [0.717, 1.165) is 0 Å². The SMILES string of the molecule is Nc1nc2ncc(CN(c3ccc(C(=O)NC(CCC(=O)O)C(=O)O)cc3)[N+](=O)[O-])nc2c(=O)[nH]1. The normalized spacial score (nSPS) is 11.5. The number of nitrogens with two attached hydrogens (primary N) is 1. The van der Waals surface area contributed by atoms with Crippen molar-refractivity contribution < 1.29 is 29.6 Å². The third kappa shape index (κ3) is 6.01. The average Bonchev–Trinajstić information content (AvgIpc) is 2.79. The number of H-pyrrole nitrogens is 1. The topological polar surface area (TPSA) is 248 Å².